The van der Waals surface area contributed by atoms with E-state index in [1.54, 1.807) is 42.9 Å². The number of fused-ring (bicyclic) bond motifs is 1. The van der Waals surface area contributed by atoms with Crippen LogP contribution in [0.3, 0.4) is 0 Å². The van der Waals surface area contributed by atoms with Gasteiger partial charge in [0.15, 0.2) is 0 Å². The third-order valence-corrected chi connectivity index (χ3v) is 7.53. The van der Waals surface area contributed by atoms with Gasteiger partial charge >= 0.3 is 0 Å². The summed E-state index contributed by atoms with van der Waals surface area (Å²) in [5.74, 6) is 0. The van der Waals surface area contributed by atoms with E-state index in [2.05, 4.69) is 29.1 Å². The molecule has 6 heteroatoms. The summed E-state index contributed by atoms with van der Waals surface area (Å²) in [7, 11) is -1.61. The molecular weight excluding hydrogens is 406 g/mol. The van der Waals surface area contributed by atoms with Crippen molar-refractivity contribution in [3.63, 3.8) is 0 Å². The van der Waals surface area contributed by atoms with Crippen LogP contribution in [0.15, 0.2) is 90.2 Å². The Balaban J connectivity index is 1.74. The van der Waals surface area contributed by atoms with Crippen LogP contribution in [0.1, 0.15) is 12.0 Å². The molecule has 0 atom stereocenters. The Bertz CT molecular complexity index is 1370. The summed E-state index contributed by atoms with van der Waals surface area (Å²) in [6.07, 6.45) is 8.42. The van der Waals surface area contributed by atoms with Crippen molar-refractivity contribution in [2.45, 2.75) is 11.3 Å². The first kappa shape index (κ1) is 19.7. The summed E-state index contributed by atoms with van der Waals surface area (Å²) in [5, 5.41) is 0.949. The Morgan fingerprint density at radius 1 is 0.935 bits per heavy atom. The van der Waals surface area contributed by atoms with Crippen LogP contribution in [0.25, 0.3) is 27.6 Å². The first-order valence-electron chi connectivity index (χ1n) is 10.3. The Kier molecular flexibility index (Phi) is 4.96. The fourth-order valence-corrected chi connectivity index (χ4v) is 5.49. The highest BCUT2D eigenvalue weighted by molar-refractivity contribution is 7.90. The number of nitrogens with zero attached hydrogens (tertiary/aromatic N) is 3. The summed E-state index contributed by atoms with van der Waals surface area (Å²) in [6, 6.07) is 18.5. The zero-order valence-corrected chi connectivity index (χ0v) is 18.1. The fraction of sp³-hybridized carbons (Fsp3) is 0.160. The number of hydrogen-bond donors (Lipinski definition) is 0. The number of benzene rings is 2. The van der Waals surface area contributed by atoms with Crippen molar-refractivity contribution in [2.24, 2.45) is 0 Å². The molecular formula is C25H23N3O2S. The molecule has 3 heterocycles. The van der Waals surface area contributed by atoms with Crippen LogP contribution in [0.2, 0.25) is 0 Å². The lowest BCUT2D eigenvalue weighted by molar-refractivity contribution is 0.370. The Labute approximate surface area is 182 Å². The molecule has 0 spiro atoms. The van der Waals surface area contributed by atoms with Gasteiger partial charge in [-0.25, -0.2) is 12.4 Å². The molecule has 0 aliphatic carbocycles. The minimum absolute atomic E-state index is 0.286. The minimum Gasteiger partial charge on any atom is -0.302 e. The molecule has 0 fully saturated rings. The number of rotatable bonds is 4. The highest BCUT2D eigenvalue weighted by Crippen LogP contribution is 2.35. The third-order valence-electron chi connectivity index (χ3n) is 5.84. The maximum atomic E-state index is 13.5. The van der Waals surface area contributed by atoms with Gasteiger partial charge in [-0.05, 0) is 66.6 Å². The number of hydrogen-bond acceptors (Lipinski definition) is 4. The maximum Gasteiger partial charge on any atom is 0.268 e. The molecule has 0 saturated carbocycles. The lowest BCUT2D eigenvalue weighted by atomic mass is 9.97. The molecule has 0 bridgehead atoms. The highest BCUT2D eigenvalue weighted by Gasteiger charge is 2.23. The molecule has 0 unspecified atom stereocenters. The van der Waals surface area contributed by atoms with Gasteiger partial charge < -0.3 is 4.90 Å². The molecule has 2 aromatic carbocycles. The van der Waals surface area contributed by atoms with E-state index in [0.717, 1.165) is 41.6 Å². The van der Waals surface area contributed by atoms with E-state index in [4.69, 9.17) is 0 Å². The molecule has 5 rings (SSSR count). The van der Waals surface area contributed by atoms with Gasteiger partial charge in [-0.3, -0.25) is 4.98 Å². The predicted octanol–water partition coefficient (Wildman–Crippen LogP) is 4.66. The van der Waals surface area contributed by atoms with E-state index < -0.39 is 10.0 Å². The van der Waals surface area contributed by atoms with Crippen molar-refractivity contribution in [1.82, 2.24) is 13.9 Å². The Hall–Kier alpha value is -3.22. The molecule has 0 N–H and O–H groups in total. The second kappa shape index (κ2) is 7.80. The van der Waals surface area contributed by atoms with Gasteiger partial charge in [-0.1, -0.05) is 30.3 Å². The van der Waals surface area contributed by atoms with Crippen molar-refractivity contribution in [3.05, 3.63) is 90.9 Å². The van der Waals surface area contributed by atoms with Crippen LogP contribution >= 0.6 is 0 Å². The van der Waals surface area contributed by atoms with E-state index in [9.17, 15) is 8.42 Å². The van der Waals surface area contributed by atoms with Crippen molar-refractivity contribution < 1.29 is 8.42 Å². The zero-order valence-electron chi connectivity index (χ0n) is 17.3. The molecule has 31 heavy (non-hydrogen) atoms. The standard InChI is InChI=1S/C25H23N3O2S/c1-27-15-11-20(12-16-27)24-18-28(31(29,30)22-5-3-2-4-6-22)25-8-7-21(17-23(24)25)19-9-13-26-14-10-19/h2-11,13-14,17-18H,12,15-16H2,1H3. The molecule has 4 aromatic rings. The molecule has 0 saturated heterocycles. The van der Waals surface area contributed by atoms with Gasteiger partial charge in [-0.15, -0.1) is 0 Å². The van der Waals surface area contributed by atoms with E-state index >= 15 is 0 Å². The second-order valence-corrected chi connectivity index (χ2v) is 9.68. The fourth-order valence-electron chi connectivity index (χ4n) is 4.10. The molecule has 0 amide bonds. The van der Waals surface area contributed by atoms with Crippen molar-refractivity contribution >= 4 is 26.5 Å². The van der Waals surface area contributed by atoms with Gasteiger partial charge in [0, 0.05) is 42.6 Å². The van der Waals surface area contributed by atoms with Gasteiger partial charge in [-0.2, -0.15) is 0 Å². The largest absolute Gasteiger partial charge is 0.302 e. The first-order chi connectivity index (χ1) is 15.0. The lowest BCUT2D eigenvalue weighted by Gasteiger charge is -2.21. The number of aromatic nitrogens is 2. The van der Waals surface area contributed by atoms with E-state index in [1.165, 1.54) is 9.55 Å². The summed E-state index contributed by atoms with van der Waals surface area (Å²) < 4.78 is 28.4. The Morgan fingerprint density at radius 3 is 2.42 bits per heavy atom. The zero-order chi connectivity index (χ0) is 21.4. The van der Waals surface area contributed by atoms with Crippen LogP contribution in [0, 0.1) is 0 Å². The maximum absolute atomic E-state index is 13.5. The minimum atomic E-state index is -3.70. The summed E-state index contributed by atoms with van der Waals surface area (Å²) in [4.78, 5) is 6.65. The summed E-state index contributed by atoms with van der Waals surface area (Å²) in [5.41, 5.74) is 4.96. The van der Waals surface area contributed by atoms with Crippen LogP contribution in [-0.4, -0.2) is 42.4 Å². The van der Waals surface area contributed by atoms with Gasteiger partial charge in [0.05, 0.1) is 10.4 Å². The topological polar surface area (TPSA) is 55.2 Å². The Morgan fingerprint density at radius 2 is 1.71 bits per heavy atom. The van der Waals surface area contributed by atoms with Gasteiger partial charge in [0.1, 0.15) is 0 Å². The smallest absolute Gasteiger partial charge is 0.268 e. The summed E-state index contributed by atoms with van der Waals surface area (Å²) >= 11 is 0. The molecule has 1 aliphatic rings. The average Bonchev–Trinajstić information content (AvgIpc) is 3.20. The highest BCUT2D eigenvalue weighted by atomic mass is 32.2. The van der Waals surface area contributed by atoms with Crippen molar-refractivity contribution in [2.75, 3.05) is 20.1 Å². The monoisotopic (exact) mass is 429 g/mol. The van der Waals surface area contributed by atoms with Crippen LogP contribution in [0.5, 0.6) is 0 Å². The summed E-state index contributed by atoms with van der Waals surface area (Å²) in [6.45, 7) is 1.81. The third kappa shape index (κ3) is 3.58. The average molecular weight is 430 g/mol. The predicted molar refractivity (Wildman–Crippen MR) is 124 cm³/mol. The van der Waals surface area contributed by atoms with E-state index in [1.807, 2.05) is 30.3 Å². The quantitative estimate of drug-likeness (QED) is 0.474. The second-order valence-electron chi connectivity index (χ2n) is 7.87. The van der Waals surface area contributed by atoms with Crippen molar-refractivity contribution in [3.8, 4) is 11.1 Å². The normalized spacial score (nSPS) is 15.2. The molecule has 0 radical (unpaired) electrons. The van der Waals surface area contributed by atoms with Crippen molar-refractivity contribution in [1.29, 1.82) is 0 Å². The first-order valence-corrected chi connectivity index (χ1v) is 11.7. The molecule has 1 aliphatic heterocycles. The van der Waals surface area contributed by atoms with E-state index in [0.29, 0.717) is 5.52 Å². The van der Waals surface area contributed by atoms with Crippen LogP contribution in [0.4, 0.5) is 0 Å². The molecule has 5 nitrogen and oxygen atoms in total. The number of likely N-dealkylation sites (N-methyl/N-ethyl adjacent to an activating group) is 1. The SMILES string of the molecule is CN1CC=C(c2cn(S(=O)(=O)c3ccccc3)c3ccc(-c4ccncc4)cc23)CC1. The number of pyridine rings is 1. The van der Waals surface area contributed by atoms with E-state index in [-0.39, 0.29) is 4.90 Å². The van der Waals surface area contributed by atoms with Gasteiger partial charge in [0.2, 0.25) is 0 Å². The molecule has 156 valence electrons. The molecule has 2 aromatic heterocycles. The van der Waals surface area contributed by atoms with Gasteiger partial charge in [0.25, 0.3) is 10.0 Å². The van der Waals surface area contributed by atoms with Crippen LogP contribution < -0.4 is 0 Å². The van der Waals surface area contributed by atoms with Crippen LogP contribution in [-0.2, 0) is 10.0 Å². The lowest BCUT2D eigenvalue weighted by Crippen LogP contribution is -2.23.